The maximum absolute atomic E-state index is 2.49. The predicted octanol–water partition coefficient (Wildman–Crippen LogP) is 31.3. The van der Waals surface area contributed by atoms with Gasteiger partial charge in [0.2, 0.25) is 0 Å². The minimum atomic E-state index is 0. The predicted molar refractivity (Wildman–Crippen MR) is 443 cm³/mol. The first-order chi connectivity index (χ1) is 42.8. The first-order valence-corrected chi connectivity index (χ1v) is 37.3. The Morgan fingerprint density at radius 3 is 0.420 bits per heavy atom. The molecule has 0 fully saturated rings. The molecule has 0 aliphatic carbocycles. The quantitative estimate of drug-likeness (QED) is 0.0355. The van der Waals surface area contributed by atoms with Crippen molar-refractivity contribution in [2.24, 2.45) is 59.2 Å². The van der Waals surface area contributed by atoms with Crippen molar-refractivity contribution in [1.29, 1.82) is 0 Å². The molecule has 5 atom stereocenters. The van der Waals surface area contributed by atoms with Gasteiger partial charge in [0.25, 0.3) is 0 Å². The summed E-state index contributed by atoms with van der Waals surface area (Å²) < 4.78 is 0. The van der Waals surface area contributed by atoms with Crippen molar-refractivity contribution >= 4 is 0 Å². The largest absolute Gasteiger partial charge is 0.328 e. The van der Waals surface area contributed by atoms with Gasteiger partial charge in [0.1, 0.15) is 0 Å². The maximum Gasteiger partial charge on any atom is 0 e. The summed E-state index contributed by atoms with van der Waals surface area (Å²) >= 11 is 0. The van der Waals surface area contributed by atoms with Gasteiger partial charge in [-0.1, -0.05) is 361 Å². The molecule has 0 aliphatic heterocycles. The molecule has 0 bridgehead atoms. The van der Waals surface area contributed by atoms with Crippen molar-refractivity contribution in [3.05, 3.63) is 209 Å². The molecule has 0 nitrogen and oxygen atoms in total. The molecule has 100 heavy (non-hydrogen) atoms. The number of benzene rings is 5. The fraction of sp³-hybridized carbons (Fsp3) is 0.632. The smallest absolute Gasteiger partial charge is 0 e. The van der Waals surface area contributed by atoms with Crippen LogP contribution in [0.25, 0.3) is 0 Å². The standard InChI is InChI=1S/5C18H29.5CH4.5Pt/c5*1-6-16-11-7-8-12-18(16)17(15(4)5)13-9-10-14(2)3;;;;;;;;;;/h5*7-9,11-12,14-15,17H,6,10,13H2,1-5H3;5*1H4;;;;;/q5*-1;;;;;;;;;;. The van der Waals surface area contributed by atoms with Gasteiger partial charge in [-0.3, -0.25) is 0 Å². The fourth-order valence-corrected chi connectivity index (χ4v) is 12.9. The van der Waals surface area contributed by atoms with E-state index < -0.39 is 0 Å². The first kappa shape index (κ1) is 121. The zero-order valence-electron chi connectivity index (χ0n) is 65.3. The molecule has 5 aromatic carbocycles. The second-order valence-corrected chi connectivity index (χ2v) is 30.3. The second kappa shape index (κ2) is 71.5. The van der Waals surface area contributed by atoms with Crippen LogP contribution in [-0.2, 0) is 137 Å². The molecule has 0 N–H and O–H groups in total. The SMILES string of the molecule is C.C.C.C.C.CCc1ccccc1C(C[CH-]CC(C)C)C(C)C.CCc1ccccc1C(C[CH-]CC(C)C)C(C)C.CCc1ccccc1C(C[CH-]CC(C)C)C(C)C.CCc1ccccc1C(C[CH-]CC(C)C)C(C)C.CCc1ccccc1C(C[CH-]CC(C)C)C(C)C.[Pt].[Pt].[Pt].[Pt].[Pt]. The van der Waals surface area contributed by atoms with Crippen molar-refractivity contribution in [1.82, 2.24) is 0 Å². The van der Waals surface area contributed by atoms with Gasteiger partial charge in [-0.2, -0.15) is 64.2 Å². The number of aryl methyl sites for hydroxylation is 5. The van der Waals surface area contributed by atoms with Gasteiger partial charge in [-0.15, -0.1) is 0 Å². The Hall–Kier alpha value is -0.458. The molecule has 0 aromatic heterocycles. The monoisotopic (exact) mass is 2280 g/mol. The second-order valence-electron chi connectivity index (χ2n) is 30.3. The summed E-state index contributed by atoms with van der Waals surface area (Å²) in [5.74, 6) is 10.8. The summed E-state index contributed by atoms with van der Waals surface area (Å²) in [6.07, 6.45) is 30.4. The van der Waals surface area contributed by atoms with Crippen LogP contribution < -0.4 is 0 Å². The van der Waals surface area contributed by atoms with Gasteiger partial charge in [-0.05, 0) is 147 Å². The molecule has 5 aromatic rings. The molecule has 600 valence electrons. The van der Waals surface area contributed by atoms with Crippen molar-refractivity contribution < 1.29 is 105 Å². The van der Waals surface area contributed by atoms with E-state index in [-0.39, 0.29) is 142 Å². The molecule has 0 saturated carbocycles. The van der Waals surface area contributed by atoms with E-state index in [1.807, 2.05) is 0 Å². The van der Waals surface area contributed by atoms with Crippen LogP contribution in [0.1, 0.15) is 360 Å². The molecule has 0 radical (unpaired) electrons. The normalized spacial score (nSPS) is 11.9. The zero-order chi connectivity index (χ0) is 67.7. The topological polar surface area (TPSA) is 0 Å². The molecule has 0 heterocycles. The van der Waals surface area contributed by atoms with Gasteiger partial charge in [0, 0.05) is 105 Å². The number of rotatable bonds is 35. The van der Waals surface area contributed by atoms with E-state index in [2.05, 4.69) is 327 Å². The van der Waals surface area contributed by atoms with E-state index in [0.29, 0.717) is 59.2 Å². The third-order valence-corrected chi connectivity index (χ3v) is 18.5. The molecule has 5 heteroatoms. The van der Waals surface area contributed by atoms with Crippen LogP contribution in [0, 0.1) is 91.3 Å². The molecule has 0 spiro atoms. The Balaban J connectivity index is -0.000000123. The minimum Gasteiger partial charge on any atom is -0.328 e. The van der Waals surface area contributed by atoms with Crippen LogP contribution in [0.5, 0.6) is 0 Å². The van der Waals surface area contributed by atoms with Crippen molar-refractivity contribution in [2.75, 3.05) is 0 Å². The molecule has 0 saturated heterocycles. The van der Waals surface area contributed by atoms with Gasteiger partial charge >= 0.3 is 0 Å². The number of hydrogen-bond donors (Lipinski definition) is 0. The van der Waals surface area contributed by atoms with Crippen molar-refractivity contribution in [2.45, 2.75) is 336 Å². The van der Waals surface area contributed by atoms with Crippen LogP contribution >= 0.6 is 0 Å². The van der Waals surface area contributed by atoms with Crippen LogP contribution in [0.3, 0.4) is 0 Å². The maximum atomic E-state index is 2.49. The Labute approximate surface area is 702 Å². The van der Waals surface area contributed by atoms with E-state index in [9.17, 15) is 0 Å². The Bertz CT molecular complexity index is 2110. The van der Waals surface area contributed by atoms with E-state index in [1.165, 1.54) is 92.0 Å². The van der Waals surface area contributed by atoms with E-state index in [0.717, 1.165) is 61.7 Å². The summed E-state index contributed by atoms with van der Waals surface area (Å²) in [6.45, 7) is 57.7. The van der Waals surface area contributed by atoms with Crippen molar-refractivity contribution in [3.8, 4) is 0 Å². The van der Waals surface area contributed by atoms with Crippen molar-refractivity contribution in [3.63, 3.8) is 0 Å². The van der Waals surface area contributed by atoms with Gasteiger partial charge in [0.15, 0.2) is 0 Å². The van der Waals surface area contributed by atoms with Crippen LogP contribution in [0.2, 0.25) is 0 Å². The van der Waals surface area contributed by atoms with Gasteiger partial charge < -0.3 is 32.1 Å². The summed E-state index contributed by atoms with van der Waals surface area (Å²) in [5.41, 5.74) is 15.4. The van der Waals surface area contributed by atoms with E-state index in [4.69, 9.17) is 0 Å². The average molecular weight is 2280 g/mol. The van der Waals surface area contributed by atoms with Crippen LogP contribution in [-0.4, -0.2) is 0 Å². The summed E-state index contributed by atoms with van der Waals surface area (Å²) in [7, 11) is 0. The van der Waals surface area contributed by atoms with Crippen LogP contribution in [0.4, 0.5) is 0 Å². The summed E-state index contributed by atoms with van der Waals surface area (Å²) in [6, 6.07) is 44.8. The summed E-state index contributed by atoms with van der Waals surface area (Å²) in [4.78, 5) is 0. The average Bonchev–Trinajstić information content (AvgIpc) is 0.889. The van der Waals surface area contributed by atoms with Crippen LogP contribution in [0.15, 0.2) is 121 Å². The molecule has 5 unspecified atom stereocenters. The molecule has 0 aliphatic rings. The Morgan fingerprint density at radius 2 is 0.320 bits per heavy atom. The third kappa shape index (κ3) is 50.2. The zero-order valence-corrected chi connectivity index (χ0v) is 76.6. The number of hydrogen-bond acceptors (Lipinski definition) is 0. The third-order valence-electron chi connectivity index (χ3n) is 18.5. The molecular weight excluding hydrogens is 2120 g/mol. The Morgan fingerprint density at radius 1 is 0.200 bits per heavy atom. The van der Waals surface area contributed by atoms with E-state index in [1.54, 1.807) is 27.8 Å². The fourth-order valence-electron chi connectivity index (χ4n) is 12.9. The van der Waals surface area contributed by atoms with E-state index >= 15 is 0 Å². The van der Waals surface area contributed by atoms with Gasteiger partial charge in [-0.25, -0.2) is 0 Å². The molecular formula is C95H165Pt5-5. The minimum absolute atomic E-state index is 0. The molecule has 0 amide bonds. The summed E-state index contributed by atoms with van der Waals surface area (Å²) in [5, 5.41) is 0. The first-order valence-electron chi connectivity index (χ1n) is 37.3. The van der Waals surface area contributed by atoms with Gasteiger partial charge in [0.05, 0.1) is 0 Å². The molecule has 5 rings (SSSR count). The Kier molecular flexibility index (Phi) is 86.2.